The molecule has 1 saturated heterocycles. The van der Waals surface area contributed by atoms with Crippen LogP contribution >= 0.6 is 0 Å². The van der Waals surface area contributed by atoms with Crippen molar-refractivity contribution < 1.29 is 118 Å². The normalized spacial score (nSPS) is 23.4. The van der Waals surface area contributed by atoms with Gasteiger partial charge < -0.3 is 100 Å². The van der Waals surface area contributed by atoms with Gasteiger partial charge in [-0.25, -0.2) is 14.4 Å². The minimum atomic E-state index is -5.86. The molecule has 1 heterocycles. The summed E-state index contributed by atoms with van der Waals surface area (Å²) in [4.78, 5) is 198. The molecule has 2 rings (SSSR count). The standard InChI is InChI=1S/C63H97F6N15O19/c1-13-30(8)39-53(94)82-40(31(9)85)52(93)75-25-38(86)80-41(44(87)47(71)88)54(95)79-37(26-101-58(99)62(64,65)66)57(98)102-46(32-18-15-14-16-19-32)43(83-51(92)36(24-61(10,11)12)78-48(89)33(70)22-27(2)3)56(97)84-42(45(29(6)7)103-59(100)63(67,68)69)55(96)77-35(23-28(4)5)50(91)76-34(49(90)81-39)20-17-21-74-60(72)73/h14-16,18-19,27-31,33-37,39-46,85,87H,13,17,20-26,70H2,1-12H3,(H2,71,88)(H,75,93)(H,76,91)(H,77,96)(H,78,89)(H,79,95)(H,80,86)(H,81,90)(H,82,94)(H,83,92)(H,84,97)(H4,72,73,74)/t30-,31-,33+,34+,35-,36-,37-,39-,40-,41-,42-,43-,44-,45+,46+/m0/s1. The summed E-state index contributed by atoms with van der Waals surface area (Å²) in [5.41, 5.74) is 15.6. The van der Waals surface area contributed by atoms with Crippen LogP contribution in [0.25, 0.3) is 0 Å². The summed E-state index contributed by atoms with van der Waals surface area (Å²) in [6.45, 7) is 14.1. The maximum atomic E-state index is 15.7. The monoisotopic (exact) mass is 1480 g/mol. The molecule has 0 unspecified atom stereocenters. The van der Waals surface area contributed by atoms with E-state index in [1.54, 1.807) is 52.2 Å². The molecule has 0 bridgehead atoms. The Hall–Kier alpha value is -9.47. The number of hydrogen-bond acceptors (Lipinski definition) is 21. The molecule has 1 aromatic carbocycles. The van der Waals surface area contributed by atoms with Crippen molar-refractivity contribution in [2.75, 3.05) is 19.7 Å². The summed E-state index contributed by atoms with van der Waals surface area (Å²) in [6, 6.07) is -15.6. The Morgan fingerprint density at radius 3 is 1.72 bits per heavy atom. The molecule has 0 saturated carbocycles. The molecule has 11 amide bonds. The lowest BCUT2D eigenvalue weighted by atomic mass is 9.87. The van der Waals surface area contributed by atoms with E-state index in [4.69, 9.17) is 32.1 Å². The summed E-state index contributed by atoms with van der Waals surface area (Å²) < 4.78 is 99.6. The number of benzene rings is 1. The van der Waals surface area contributed by atoms with Crippen LogP contribution in [0.4, 0.5) is 26.3 Å². The van der Waals surface area contributed by atoms with Crippen LogP contribution in [0.1, 0.15) is 133 Å². The summed E-state index contributed by atoms with van der Waals surface area (Å²) >= 11 is 0. The van der Waals surface area contributed by atoms with E-state index in [-0.39, 0.29) is 44.6 Å². The number of aliphatic hydroxyl groups is 2. The van der Waals surface area contributed by atoms with Crippen molar-refractivity contribution in [1.29, 1.82) is 5.41 Å². The number of aliphatic hydroxyl groups excluding tert-OH is 2. The Balaban J connectivity index is 3.43. The Morgan fingerprint density at radius 2 is 1.20 bits per heavy atom. The highest BCUT2D eigenvalue weighted by atomic mass is 19.4. The van der Waals surface area contributed by atoms with Gasteiger partial charge in [0.25, 0.3) is 0 Å². The molecule has 40 heteroatoms. The molecule has 103 heavy (non-hydrogen) atoms. The lowest BCUT2D eigenvalue weighted by Crippen LogP contribution is -2.64. The van der Waals surface area contributed by atoms with Crippen LogP contribution in [0, 0.1) is 34.5 Å². The first-order valence-electron chi connectivity index (χ1n) is 32.8. The first-order valence-corrected chi connectivity index (χ1v) is 32.8. The number of esters is 3. The molecule has 1 aliphatic rings. The van der Waals surface area contributed by atoms with Gasteiger partial charge in [0, 0.05) is 6.54 Å². The van der Waals surface area contributed by atoms with Crippen LogP contribution in [0.5, 0.6) is 0 Å². The highest BCUT2D eigenvalue weighted by Crippen LogP contribution is 2.28. The predicted molar refractivity (Wildman–Crippen MR) is 350 cm³/mol. The van der Waals surface area contributed by atoms with Gasteiger partial charge in [-0.3, -0.25) is 58.1 Å². The first kappa shape index (κ1) is 89.6. The largest absolute Gasteiger partial charge is 0.490 e. The number of primary amides is 1. The molecule has 15 atom stereocenters. The molecule has 34 nitrogen and oxygen atoms in total. The number of guanidine groups is 1. The molecule has 1 fully saturated rings. The molecule has 20 N–H and O–H groups in total. The molecule has 0 aliphatic carbocycles. The zero-order chi connectivity index (χ0) is 78.9. The Bertz CT molecular complexity index is 3160. The number of nitrogens with two attached hydrogens (primary N) is 3. The average Bonchev–Trinajstić information content (AvgIpc) is 0.806. The third-order valence-corrected chi connectivity index (χ3v) is 15.5. The molecule has 1 aromatic rings. The summed E-state index contributed by atoms with van der Waals surface area (Å²) in [7, 11) is 0. The van der Waals surface area contributed by atoms with Gasteiger partial charge >= 0.3 is 30.3 Å². The number of rotatable bonds is 24. The second kappa shape index (κ2) is 40.4. The van der Waals surface area contributed by atoms with Crippen LogP contribution in [0.3, 0.4) is 0 Å². The summed E-state index contributed by atoms with van der Waals surface area (Å²) in [5.74, 6) is -27.9. The van der Waals surface area contributed by atoms with Gasteiger partial charge in [-0.15, -0.1) is 0 Å². The predicted octanol–water partition coefficient (Wildman–Crippen LogP) is -2.61. The van der Waals surface area contributed by atoms with Crippen molar-refractivity contribution >= 4 is 88.8 Å². The minimum Gasteiger partial charge on any atom is -0.456 e. The van der Waals surface area contributed by atoms with Gasteiger partial charge in [-0.2, -0.15) is 26.3 Å². The number of carbonyl (C=O) groups excluding carboxylic acids is 14. The maximum Gasteiger partial charge on any atom is 0.490 e. The second-order valence-corrected chi connectivity index (χ2v) is 27.0. The van der Waals surface area contributed by atoms with Crippen LogP contribution < -0.4 is 75.7 Å². The molecular formula is C63H97F6N15O19. The van der Waals surface area contributed by atoms with Gasteiger partial charge in [0.15, 0.2) is 24.2 Å². The van der Waals surface area contributed by atoms with Gasteiger partial charge in [-0.1, -0.05) is 113 Å². The molecule has 580 valence electrons. The van der Waals surface area contributed by atoms with Crippen LogP contribution in [0.2, 0.25) is 0 Å². The van der Waals surface area contributed by atoms with E-state index in [0.717, 1.165) is 32.9 Å². The highest BCUT2D eigenvalue weighted by Gasteiger charge is 2.49. The van der Waals surface area contributed by atoms with E-state index in [9.17, 15) is 89.3 Å². The summed E-state index contributed by atoms with van der Waals surface area (Å²) in [5, 5.41) is 53.8. The van der Waals surface area contributed by atoms with E-state index in [1.165, 1.54) is 39.0 Å². The highest BCUT2D eigenvalue weighted by molar-refractivity contribution is 6.00. The average molecular weight is 1480 g/mol. The van der Waals surface area contributed by atoms with Crippen LogP contribution in [0.15, 0.2) is 30.3 Å². The van der Waals surface area contributed by atoms with Gasteiger partial charge in [0.05, 0.1) is 18.7 Å². The SMILES string of the molecule is CC[C@H](C)[C@@H]1NC(=O)[C@@H](CCCNC(=N)N)NC(=O)[C@H](CC(C)C)NC(=O)[C@H]([C@H](OC(=O)C(F)(F)F)C(C)C)NC(=O)[C@@H](NC(=O)[C@H](CC(C)(C)C)NC(=O)[C@H](N)CC(C)C)[C@@H](c2ccccc2)OC(=O)[C@H](COC(=O)C(F)(F)F)NC(=O)[C@H]([C@H](O)C(N)=O)NC(=O)CNC(=O)[C@H]([C@H](C)O)NC1=O. The number of cyclic esters (lactones) is 1. The van der Waals surface area contributed by atoms with E-state index in [0.29, 0.717) is 0 Å². The van der Waals surface area contributed by atoms with E-state index < -0.39 is 234 Å². The summed E-state index contributed by atoms with van der Waals surface area (Å²) in [6.07, 6.45) is -22.6. The van der Waals surface area contributed by atoms with E-state index in [1.807, 2.05) is 5.32 Å². The minimum absolute atomic E-state index is 0.0363. The Morgan fingerprint density at radius 1 is 0.670 bits per heavy atom. The second-order valence-electron chi connectivity index (χ2n) is 27.0. The number of hydrogen-bond donors (Lipinski definition) is 17. The van der Waals surface area contributed by atoms with Crippen molar-refractivity contribution in [2.24, 2.45) is 46.3 Å². The number of carbonyl (C=O) groups is 14. The molecule has 1 aliphatic heterocycles. The number of ether oxygens (including phenoxy) is 3. The number of nitrogens with one attached hydrogen (secondary N) is 12. The zero-order valence-electron chi connectivity index (χ0n) is 59.0. The maximum absolute atomic E-state index is 15.7. The fraction of sp³-hybridized carbons (Fsp3) is 0.667. The lowest BCUT2D eigenvalue weighted by molar-refractivity contribution is -0.208. The van der Waals surface area contributed by atoms with Gasteiger partial charge in [0.2, 0.25) is 65.0 Å². The molecular weight excluding hydrogens is 1380 g/mol. The third kappa shape index (κ3) is 30.2. The van der Waals surface area contributed by atoms with Crippen LogP contribution in [-0.2, 0) is 81.3 Å². The quantitative estimate of drug-likeness (QED) is 0.0126. The first-order chi connectivity index (χ1) is 47.5. The smallest absolute Gasteiger partial charge is 0.456 e. The Labute approximate surface area is 589 Å². The fourth-order valence-corrected chi connectivity index (χ4v) is 10.0. The lowest BCUT2D eigenvalue weighted by Gasteiger charge is -2.35. The third-order valence-electron chi connectivity index (χ3n) is 15.5. The molecule has 0 radical (unpaired) electrons. The topological polar surface area (TPSA) is 541 Å². The molecule has 0 aromatic heterocycles. The number of alkyl halides is 6. The zero-order valence-corrected chi connectivity index (χ0v) is 59.0. The van der Waals surface area contributed by atoms with E-state index in [2.05, 4.69) is 47.3 Å². The van der Waals surface area contributed by atoms with Gasteiger partial charge in [-0.05, 0) is 73.7 Å². The fourth-order valence-electron chi connectivity index (χ4n) is 10.0. The number of halogens is 6. The van der Waals surface area contributed by atoms with Crippen molar-refractivity contribution in [2.45, 2.75) is 219 Å². The van der Waals surface area contributed by atoms with Crippen LogP contribution in [-0.4, -0.2) is 210 Å². The van der Waals surface area contributed by atoms with Crippen molar-refractivity contribution in [3.63, 3.8) is 0 Å². The van der Waals surface area contributed by atoms with Crippen molar-refractivity contribution in [3.8, 4) is 0 Å². The molecule has 0 spiro atoms. The number of amides is 11. The Kier molecular flexibility index (Phi) is 35.1. The van der Waals surface area contributed by atoms with E-state index >= 15 is 14.4 Å². The van der Waals surface area contributed by atoms with Gasteiger partial charge in [0.1, 0.15) is 61.0 Å². The van der Waals surface area contributed by atoms with Crippen molar-refractivity contribution in [3.05, 3.63) is 35.9 Å². The van der Waals surface area contributed by atoms with Crippen molar-refractivity contribution in [1.82, 2.24) is 58.5 Å².